The standard InChI is InChI=1S/C23H23ClFN5O2/c1-30-10-4-5-14(30)8-9-21(31)28-19-11-15-18(12-20(19)32-2)26-13-27-23(15)29-17-7-3-6-16(24)22(17)25/h3,6-9,11-14H,4-5,10H2,1-2H3,(H,28,31)(H,26,27,29)/b9-8+/t14-/m1/s1. The molecule has 0 aliphatic carbocycles. The number of methoxy groups -OCH3 is 1. The van der Waals surface area contributed by atoms with Crippen LogP contribution in [0.3, 0.4) is 0 Å². The van der Waals surface area contributed by atoms with Gasteiger partial charge >= 0.3 is 0 Å². The van der Waals surface area contributed by atoms with Crippen molar-refractivity contribution in [2.75, 3.05) is 31.3 Å². The van der Waals surface area contributed by atoms with Crippen molar-refractivity contribution in [2.45, 2.75) is 18.9 Å². The quantitative estimate of drug-likeness (QED) is 0.521. The van der Waals surface area contributed by atoms with E-state index in [4.69, 9.17) is 16.3 Å². The number of hydrogen-bond acceptors (Lipinski definition) is 6. The highest BCUT2D eigenvalue weighted by molar-refractivity contribution is 6.31. The molecule has 32 heavy (non-hydrogen) atoms. The maximum Gasteiger partial charge on any atom is 0.248 e. The van der Waals surface area contributed by atoms with E-state index in [2.05, 4.69) is 25.5 Å². The summed E-state index contributed by atoms with van der Waals surface area (Å²) < 4.78 is 19.8. The summed E-state index contributed by atoms with van der Waals surface area (Å²) in [5.41, 5.74) is 1.21. The Balaban J connectivity index is 1.64. The van der Waals surface area contributed by atoms with E-state index in [-0.39, 0.29) is 22.7 Å². The fraction of sp³-hybridized carbons (Fsp3) is 0.261. The molecule has 0 bridgehead atoms. The Bertz CT molecular complexity index is 1190. The monoisotopic (exact) mass is 455 g/mol. The number of benzene rings is 2. The number of hydrogen-bond donors (Lipinski definition) is 2. The van der Waals surface area contributed by atoms with Gasteiger partial charge in [0.15, 0.2) is 5.82 Å². The molecular formula is C23H23ClFN5O2. The number of fused-ring (bicyclic) bond motifs is 1. The van der Waals surface area contributed by atoms with Gasteiger partial charge in [0.25, 0.3) is 0 Å². The lowest BCUT2D eigenvalue weighted by atomic mass is 10.1. The first-order valence-electron chi connectivity index (χ1n) is 10.2. The van der Waals surface area contributed by atoms with E-state index in [0.29, 0.717) is 28.2 Å². The topological polar surface area (TPSA) is 79.4 Å². The van der Waals surface area contributed by atoms with Gasteiger partial charge in [-0.15, -0.1) is 0 Å². The van der Waals surface area contributed by atoms with Crippen molar-refractivity contribution in [2.24, 2.45) is 0 Å². The van der Waals surface area contributed by atoms with E-state index in [9.17, 15) is 9.18 Å². The second-order valence-electron chi connectivity index (χ2n) is 7.56. The van der Waals surface area contributed by atoms with Crippen molar-refractivity contribution >= 4 is 45.6 Å². The maximum absolute atomic E-state index is 14.4. The van der Waals surface area contributed by atoms with Crippen LogP contribution in [0.1, 0.15) is 12.8 Å². The van der Waals surface area contributed by atoms with Gasteiger partial charge in [-0.1, -0.05) is 23.7 Å². The number of aromatic nitrogens is 2. The predicted molar refractivity (Wildman–Crippen MR) is 124 cm³/mol. The highest BCUT2D eigenvalue weighted by Gasteiger charge is 2.18. The van der Waals surface area contributed by atoms with Crippen molar-refractivity contribution in [1.82, 2.24) is 14.9 Å². The SMILES string of the molecule is COc1cc2ncnc(Nc3cccc(Cl)c3F)c2cc1NC(=O)/C=C/[C@H]1CCCN1C. The van der Waals surface area contributed by atoms with Crippen molar-refractivity contribution < 1.29 is 13.9 Å². The molecule has 0 spiro atoms. The number of likely N-dealkylation sites (tertiary alicyclic amines) is 1. The largest absolute Gasteiger partial charge is 0.494 e. The van der Waals surface area contributed by atoms with Crippen molar-refractivity contribution in [3.05, 3.63) is 59.7 Å². The number of ether oxygens (including phenoxy) is 1. The normalized spacial score (nSPS) is 16.6. The van der Waals surface area contributed by atoms with Crippen LogP contribution >= 0.6 is 11.6 Å². The Morgan fingerprint density at radius 1 is 1.31 bits per heavy atom. The molecule has 1 atom stereocenters. The van der Waals surface area contributed by atoms with Gasteiger partial charge in [-0.3, -0.25) is 9.69 Å². The van der Waals surface area contributed by atoms with Crippen LogP contribution in [0.25, 0.3) is 10.9 Å². The number of anilines is 3. The number of nitrogens with one attached hydrogen (secondary N) is 2. The minimum Gasteiger partial charge on any atom is -0.494 e. The molecule has 0 radical (unpaired) electrons. The van der Waals surface area contributed by atoms with Gasteiger partial charge in [0.05, 0.1) is 29.0 Å². The van der Waals surface area contributed by atoms with Gasteiger partial charge in [0.2, 0.25) is 5.91 Å². The van der Waals surface area contributed by atoms with E-state index in [1.54, 1.807) is 24.3 Å². The molecule has 2 aromatic carbocycles. The third-order valence-corrected chi connectivity index (χ3v) is 5.76. The zero-order chi connectivity index (χ0) is 22.7. The molecule has 9 heteroatoms. The molecule has 1 aromatic heterocycles. The predicted octanol–water partition coefficient (Wildman–Crippen LogP) is 4.76. The molecule has 0 saturated carbocycles. The highest BCUT2D eigenvalue weighted by atomic mass is 35.5. The molecule has 0 unspecified atom stereocenters. The van der Waals surface area contributed by atoms with Gasteiger partial charge in [0.1, 0.15) is 17.9 Å². The van der Waals surface area contributed by atoms with Crippen molar-refractivity contribution in [3.8, 4) is 5.75 Å². The average molecular weight is 456 g/mol. The summed E-state index contributed by atoms with van der Waals surface area (Å²) in [6.45, 7) is 1.03. The Kier molecular flexibility index (Phi) is 6.53. The Hall–Kier alpha value is -3.23. The summed E-state index contributed by atoms with van der Waals surface area (Å²) in [5, 5.41) is 6.40. The van der Waals surface area contributed by atoms with Gasteiger partial charge in [-0.25, -0.2) is 14.4 Å². The summed E-state index contributed by atoms with van der Waals surface area (Å²) in [7, 11) is 3.56. The van der Waals surface area contributed by atoms with Crippen LogP contribution in [0.4, 0.5) is 21.6 Å². The highest BCUT2D eigenvalue weighted by Crippen LogP contribution is 2.34. The van der Waals surface area contributed by atoms with E-state index < -0.39 is 5.82 Å². The van der Waals surface area contributed by atoms with E-state index in [1.165, 1.54) is 25.6 Å². The smallest absolute Gasteiger partial charge is 0.248 e. The summed E-state index contributed by atoms with van der Waals surface area (Å²) in [6.07, 6.45) is 6.97. The molecular weight excluding hydrogens is 433 g/mol. The van der Waals surface area contributed by atoms with Crippen LogP contribution in [-0.4, -0.2) is 47.5 Å². The number of amides is 1. The first-order chi connectivity index (χ1) is 15.5. The fourth-order valence-electron chi connectivity index (χ4n) is 3.73. The molecule has 1 fully saturated rings. The number of carbonyl (C=O) groups is 1. The summed E-state index contributed by atoms with van der Waals surface area (Å²) in [4.78, 5) is 23.3. The lowest BCUT2D eigenvalue weighted by molar-refractivity contribution is -0.111. The molecule has 2 N–H and O–H groups in total. The maximum atomic E-state index is 14.4. The van der Waals surface area contributed by atoms with E-state index >= 15 is 0 Å². The van der Waals surface area contributed by atoms with E-state index in [1.807, 2.05) is 13.1 Å². The zero-order valence-corrected chi connectivity index (χ0v) is 18.5. The molecule has 1 aliphatic rings. The average Bonchev–Trinajstić information content (AvgIpc) is 3.20. The van der Waals surface area contributed by atoms with Gasteiger partial charge in [-0.05, 0) is 44.6 Å². The third-order valence-electron chi connectivity index (χ3n) is 5.47. The molecule has 1 aliphatic heterocycles. The number of likely N-dealkylation sites (N-methyl/N-ethyl adjacent to an activating group) is 1. The summed E-state index contributed by atoms with van der Waals surface area (Å²) in [6, 6.07) is 8.32. The Morgan fingerprint density at radius 2 is 2.16 bits per heavy atom. The molecule has 1 amide bonds. The number of carbonyl (C=O) groups excluding carboxylic acids is 1. The second kappa shape index (κ2) is 9.50. The lowest BCUT2D eigenvalue weighted by Crippen LogP contribution is -2.23. The molecule has 7 nitrogen and oxygen atoms in total. The zero-order valence-electron chi connectivity index (χ0n) is 17.7. The second-order valence-corrected chi connectivity index (χ2v) is 7.96. The molecule has 2 heterocycles. The first-order valence-corrected chi connectivity index (χ1v) is 10.6. The minimum absolute atomic E-state index is 0.00248. The summed E-state index contributed by atoms with van der Waals surface area (Å²) >= 11 is 5.88. The van der Waals surface area contributed by atoms with Gasteiger partial charge < -0.3 is 15.4 Å². The van der Waals surface area contributed by atoms with Gasteiger partial charge in [-0.2, -0.15) is 0 Å². The lowest BCUT2D eigenvalue weighted by Gasteiger charge is -2.15. The third kappa shape index (κ3) is 4.66. The number of nitrogens with zero attached hydrogens (tertiary/aromatic N) is 3. The van der Waals surface area contributed by atoms with Gasteiger partial charge in [0, 0.05) is 23.6 Å². The van der Waals surface area contributed by atoms with Crippen LogP contribution in [0.5, 0.6) is 5.75 Å². The molecule has 4 rings (SSSR count). The minimum atomic E-state index is -0.579. The first kappa shape index (κ1) is 22.0. The van der Waals surface area contributed by atoms with Crippen LogP contribution in [0, 0.1) is 5.82 Å². The number of rotatable bonds is 6. The molecule has 166 valence electrons. The Labute approximate surface area is 190 Å². The van der Waals surface area contributed by atoms with Crippen LogP contribution < -0.4 is 15.4 Å². The fourth-order valence-corrected chi connectivity index (χ4v) is 3.90. The number of halogens is 2. The van der Waals surface area contributed by atoms with Crippen LogP contribution in [0.15, 0.2) is 48.8 Å². The van der Waals surface area contributed by atoms with Crippen molar-refractivity contribution in [3.63, 3.8) is 0 Å². The molecule has 3 aromatic rings. The van der Waals surface area contributed by atoms with Crippen LogP contribution in [0.2, 0.25) is 5.02 Å². The van der Waals surface area contributed by atoms with Crippen LogP contribution in [-0.2, 0) is 4.79 Å². The molecule has 1 saturated heterocycles. The Morgan fingerprint density at radius 3 is 2.91 bits per heavy atom. The van der Waals surface area contributed by atoms with E-state index in [0.717, 1.165) is 19.4 Å². The van der Waals surface area contributed by atoms with Crippen molar-refractivity contribution in [1.29, 1.82) is 0 Å². The summed E-state index contributed by atoms with van der Waals surface area (Å²) in [5.74, 6) is -0.0200.